The van der Waals surface area contributed by atoms with Gasteiger partial charge in [-0.3, -0.25) is 9.69 Å². The van der Waals surface area contributed by atoms with Gasteiger partial charge in [-0.1, -0.05) is 42.7 Å². The van der Waals surface area contributed by atoms with Crippen molar-refractivity contribution in [2.45, 2.75) is 64.1 Å². The minimum atomic E-state index is -0.650. The Labute approximate surface area is 127 Å². The van der Waals surface area contributed by atoms with Crippen LogP contribution in [0.1, 0.15) is 56.2 Å². The van der Waals surface area contributed by atoms with Crippen LogP contribution < -0.4 is 0 Å². The molecule has 1 aromatic rings. The summed E-state index contributed by atoms with van der Waals surface area (Å²) in [5.74, 6) is -0.0730. The van der Waals surface area contributed by atoms with E-state index in [1.807, 2.05) is 0 Å². The van der Waals surface area contributed by atoms with E-state index >= 15 is 0 Å². The van der Waals surface area contributed by atoms with E-state index in [9.17, 15) is 9.90 Å². The number of benzene rings is 1. The van der Waals surface area contributed by atoms with Crippen molar-refractivity contribution < 1.29 is 9.90 Å². The maximum absolute atomic E-state index is 11.7. The van der Waals surface area contributed by atoms with Gasteiger partial charge in [-0.15, -0.1) is 0 Å². The molecule has 1 aliphatic heterocycles. The molecule has 0 bridgehead atoms. The summed E-state index contributed by atoms with van der Waals surface area (Å²) in [6.07, 6.45) is 5.69. The average Bonchev–Trinajstić information content (AvgIpc) is 2.87. The second kappa shape index (κ2) is 5.80. The third-order valence-electron chi connectivity index (χ3n) is 5.43. The molecule has 3 rings (SSSR count). The Balaban J connectivity index is 1.88. The first kappa shape index (κ1) is 14.6. The zero-order chi connectivity index (χ0) is 15.0. The van der Waals surface area contributed by atoms with Gasteiger partial charge >= 0.3 is 5.97 Å². The number of rotatable bonds is 3. The normalized spacial score (nSPS) is 30.9. The fraction of sp³-hybridized carbons (Fsp3) is 0.611. The van der Waals surface area contributed by atoms with E-state index in [1.165, 1.54) is 30.4 Å². The Kier molecular flexibility index (Phi) is 4.03. The van der Waals surface area contributed by atoms with E-state index in [0.29, 0.717) is 12.0 Å². The van der Waals surface area contributed by atoms with Gasteiger partial charge in [0.25, 0.3) is 0 Å². The Bertz CT molecular complexity index is 510. The molecule has 4 atom stereocenters. The number of nitrogens with zero attached hydrogens (tertiary/aromatic N) is 1. The first-order valence-corrected chi connectivity index (χ1v) is 8.14. The van der Waals surface area contributed by atoms with Gasteiger partial charge in [-0.05, 0) is 44.6 Å². The average molecular weight is 287 g/mol. The first-order valence-electron chi connectivity index (χ1n) is 8.14. The SMILES string of the molecule is Cc1ccc(C(C)N2C(C(=O)O)CC3CCCCC32)cc1. The summed E-state index contributed by atoms with van der Waals surface area (Å²) in [4.78, 5) is 14.0. The summed E-state index contributed by atoms with van der Waals surface area (Å²) in [7, 11) is 0. The summed E-state index contributed by atoms with van der Waals surface area (Å²) >= 11 is 0. The van der Waals surface area contributed by atoms with Crippen LogP contribution in [0.3, 0.4) is 0 Å². The fourth-order valence-electron chi connectivity index (χ4n) is 4.30. The third kappa shape index (κ3) is 2.71. The van der Waals surface area contributed by atoms with Crippen molar-refractivity contribution >= 4 is 5.97 Å². The lowest BCUT2D eigenvalue weighted by molar-refractivity contribution is -0.143. The van der Waals surface area contributed by atoms with E-state index < -0.39 is 5.97 Å². The van der Waals surface area contributed by atoms with Crippen molar-refractivity contribution in [3.05, 3.63) is 35.4 Å². The maximum atomic E-state index is 11.7. The molecule has 1 saturated carbocycles. The minimum absolute atomic E-state index is 0.180. The summed E-state index contributed by atoms with van der Waals surface area (Å²) in [6.45, 7) is 4.25. The van der Waals surface area contributed by atoms with Crippen LogP contribution in [0.15, 0.2) is 24.3 Å². The van der Waals surface area contributed by atoms with Gasteiger partial charge in [0.05, 0.1) is 0 Å². The third-order valence-corrected chi connectivity index (χ3v) is 5.43. The highest BCUT2D eigenvalue weighted by molar-refractivity contribution is 5.74. The highest BCUT2D eigenvalue weighted by Crippen LogP contribution is 2.44. The lowest BCUT2D eigenvalue weighted by Crippen LogP contribution is -2.43. The summed E-state index contributed by atoms with van der Waals surface area (Å²) < 4.78 is 0. The molecule has 1 aromatic carbocycles. The molecule has 21 heavy (non-hydrogen) atoms. The molecule has 3 heteroatoms. The molecule has 3 nitrogen and oxygen atoms in total. The maximum Gasteiger partial charge on any atom is 0.320 e. The van der Waals surface area contributed by atoms with E-state index in [0.717, 1.165) is 12.8 Å². The van der Waals surface area contributed by atoms with E-state index in [1.54, 1.807) is 0 Å². The lowest BCUT2D eigenvalue weighted by Gasteiger charge is -2.37. The van der Waals surface area contributed by atoms with Crippen LogP contribution in [0.2, 0.25) is 0 Å². The Hall–Kier alpha value is -1.35. The second-order valence-electron chi connectivity index (χ2n) is 6.74. The van der Waals surface area contributed by atoms with Crippen LogP contribution in [0.25, 0.3) is 0 Å². The number of aliphatic carboxylic acids is 1. The van der Waals surface area contributed by atoms with Crippen molar-refractivity contribution in [1.29, 1.82) is 0 Å². The zero-order valence-corrected chi connectivity index (χ0v) is 13.0. The van der Waals surface area contributed by atoms with Gasteiger partial charge in [0.15, 0.2) is 0 Å². The quantitative estimate of drug-likeness (QED) is 0.920. The molecule has 2 fully saturated rings. The van der Waals surface area contributed by atoms with Crippen molar-refractivity contribution in [1.82, 2.24) is 4.90 Å². The first-order chi connectivity index (χ1) is 10.1. The van der Waals surface area contributed by atoms with Crippen LogP contribution >= 0.6 is 0 Å². The van der Waals surface area contributed by atoms with Crippen molar-refractivity contribution in [2.75, 3.05) is 0 Å². The molecule has 2 aliphatic rings. The predicted molar refractivity (Wildman–Crippen MR) is 83.2 cm³/mol. The molecule has 0 aromatic heterocycles. The number of fused-ring (bicyclic) bond motifs is 1. The number of likely N-dealkylation sites (tertiary alicyclic amines) is 1. The molecular formula is C18H25NO2. The van der Waals surface area contributed by atoms with Crippen LogP contribution in [0.4, 0.5) is 0 Å². The minimum Gasteiger partial charge on any atom is -0.480 e. The van der Waals surface area contributed by atoms with Crippen LogP contribution in [0, 0.1) is 12.8 Å². The highest BCUT2D eigenvalue weighted by Gasteiger charge is 2.47. The van der Waals surface area contributed by atoms with Gasteiger partial charge in [-0.25, -0.2) is 0 Å². The Morgan fingerprint density at radius 3 is 2.57 bits per heavy atom. The van der Waals surface area contributed by atoms with E-state index in [-0.39, 0.29) is 12.1 Å². The molecule has 1 aliphatic carbocycles. The number of hydrogen-bond acceptors (Lipinski definition) is 2. The van der Waals surface area contributed by atoms with Crippen LogP contribution in [-0.2, 0) is 4.79 Å². The van der Waals surface area contributed by atoms with Crippen molar-refractivity contribution in [3.63, 3.8) is 0 Å². The van der Waals surface area contributed by atoms with E-state index in [4.69, 9.17) is 0 Å². The lowest BCUT2D eigenvalue weighted by atomic mass is 9.84. The molecular weight excluding hydrogens is 262 g/mol. The van der Waals surface area contributed by atoms with Gasteiger partial charge in [0.1, 0.15) is 6.04 Å². The topological polar surface area (TPSA) is 40.5 Å². The summed E-state index contributed by atoms with van der Waals surface area (Å²) in [6, 6.07) is 8.86. The Morgan fingerprint density at radius 1 is 1.24 bits per heavy atom. The van der Waals surface area contributed by atoms with Gasteiger partial charge in [0.2, 0.25) is 0 Å². The predicted octanol–water partition coefficient (Wildman–Crippen LogP) is 3.77. The second-order valence-corrected chi connectivity index (χ2v) is 6.74. The molecule has 1 heterocycles. The summed E-state index contributed by atoms with van der Waals surface area (Å²) in [5, 5.41) is 9.63. The van der Waals surface area contributed by atoms with E-state index in [2.05, 4.69) is 43.0 Å². The number of aryl methyl sites for hydroxylation is 1. The molecule has 0 radical (unpaired) electrons. The number of carbonyl (C=O) groups is 1. The largest absolute Gasteiger partial charge is 0.480 e. The van der Waals surface area contributed by atoms with Crippen molar-refractivity contribution in [3.8, 4) is 0 Å². The Morgan fingerprint density at radius 2 is 1.90 bits per heavy atom. The van der Waals surface area contributed by atoms with Crippen LogP contribution in [0.5, 0.6) is 0 Å². The number of carboxylic acids is 1. The van der Waals surface area contributed by atoms with Gasteiger partial charge in [-0.2, -0.15) is 0 Å². The molecule has 0 spiro atoms. The van der Waals surface area contributed by atoms with Crippen LogP contribution in [-0.4, -0.2) is 28.1 Å². The molecule has 1 N–H and O–H groups in total. The zero-order valence-electron chi connectivity index (χ0n) is 13.0. The molecule has 114 valence electrons. The van der Waals surface area contributed by atoms with Crippen molar-refractivity contribution in [2.24, 2.45) is 5.92 Å². The monoisotopic (exact) mass is 287 g/mol. The standard InChI is InChI=1S/C18H25NO2/c1-12-7-9-14(10-8-12)13(2)19-16-6-4-3-5-15(16)11-17(19)18(20)21/h7-10,13,15-17H,3-6,11H2,1-2H3,(H,20,21). The molecule has 0 amide bonds. The van der Waals surface area contributed by atoms with Gasteiger partial charge in [0, 0.05) is 12.1 Å². The molecule has 1 saturated heterocycles. The number of carboxylic acid groups (broad SMARTS) is 1. The number of hydrogen-bond donors (Lipinski definition) is 1. The fourth-order valence-corrected chi connectivity index (χ4v) is 4.30. The highest BCUT2D eigenvalue weighted by atomic mass is 16.4. The molecule has 4 unspecified atom stereocenters. The van der Waals surface area contributed by atoms with Gasteiger partial charge < -0.3 is 5.11 Å². The summed E-state index contributed by atoms with van der Waals surface area (Å²) in [5.41, 5.74) is 2.48. The smallest absolute Gasteiger partial charge is 0.320 e.